The summed E-state index contributed by atoms with van der Waals surface area (Å²) in [6, 6.07) is 20.2. The van der Waals surface area contributed by atoms with Crippen molar-refractivity contribution in [3.63, 3.8) is 0 Å². The molecule has 33 heavy (non-hydrogen) atoms. The quantitative estimate of drug-likeness (QED) is 0.499. The number of carbonyl (C=O) groups is 1. The van der Waals surface area contributed by atoms with Crippen LogP contribution in [0.4, 0.5) is 0 Å². The Morgan fingerprint density at radius 2 is 1.61 bits per heavy atom. The number of thioether (sulfide) groups is 1. The molecule has 3 heterocycles. The van der Waals surface area contributed by atoms with Gasteiger partial charge in [0.25, 0.3) is 5.91 Å². The maximum Gasteiger partial charge on any atom is 0.253 e. The van der Waals surface area contributed by atoms with Crippen LogP contribution >= 0.6 is 11.8 Å². The number of nitrogens with zero attached hydrogens (tertiary/aromatic N) is 6. The van der Waals surface area contributed by atoms with Crippen molar-refractivity contribution in [1.29, 1.82) is 0 Å². The van der Waals surface area contributed by atoms with E-state index in [1.54, 1.807) is 5.01 Å². The molecule has 0 atom stereocenters. The van der Waals surface area contributed by atoms with Gasteiger partial charge in [0.05, 0.1) is 24.6 Å². The highest BCUT2D eigenvalue weighted by Gasteiger charge is 2.24. The molecule has 0 N–H and O–H groups in total. The molecule has 7 nitrogen and oxygen atoms in total. The summed E-state index contributed by atoms with van der Waals surface area (Å²) in [6.45, 7) is 3.58. The summed E-state index contributed by atoms with van der Waals surface area (Å²) in [6.07, 6.45) is 4.55. The van der Waals surface area contributed by atoms with Gasteiger partial charge in [0, 0.05) is 12.1 Å². The molecule has 2 aromatic carbocycles. The molecule has 0 saturated carbocycles. The summed E-state index contributed by atoms with van der Waals surface area (Å²) in [4.78, 5) is 15.3. The van der Waals surface area contributed by atoms with Gasteiger partial charge in [0.1, 0.15) is 0 Å². The van der Waals surface area contributed by atoms with Crippen molar-refractivity contribution in [2.75, 3.05) is 25.4 Å². The third-order valence-electron chi connectivity index (χ3n) is 6.05. The number of hydrazone groups is 1. The lowest BCUT2D eigenvalue weighted by molar-refractivity contribution is -0.127. The van der Waals surface area contributed by atoms with Crippen molar-refractivity contribution >= 4 is 23.4 Å². The molecule has 170 valence electrons. The lowest BCUT2D eigenvalue weighted by Crippen LogP contribution is -2.30. The maximum atomic E-state index is 12.9. The fourth-order valence-corrected chi connectivity index (χ4v) is 5.16. The SMILES string of the molecule is O=C(CSc1nnc(CN2CCCCC2)n1-c1ccccc1)N1CCC(c2ccccc2)=N1. The van der Waals surface area contributed by atoms with E-state index in [9.17, 15) is 4.79 Å². The summed E-state index contributed by atoms with van der Waals surface area (Å²) >= 11 is 1.43. The van der Waals surface area contributed by atoms with Gasteiger partial charge in [-0.25, -0.2) is 5.01 Å². The van der Waals surface area contributed by atoms with Gasteiger partial charge < -0.3 is 0 Å². The normalized spacial score (nSPS) is 16.7. The second-order valence-corrected chi connectivity index (χ2v) is 9.32. The largest absolute Gasteiger partial charge is 0.296 e. The Hall–Kier alpha value is -2.97. The highest BCUT2D eigenvalue weighted by Crippen LogP contribution is 2.25. The maximum absolute atomic E-state index is 12.9. The number of carbonyl (C=O) groups excluding carboxylic acids is 1. The predicted molar refractivity (Wildman–Crippen MR) is 131 cm³/mol. The standard InChI is InChI=1S/C25H28N6OS/c32-24(30-17-14-22(28-30)20-10-4-1-5-11-20)19-33-25-27-26-23(18-29-15-8-3-9-16-29)31(25)21-12-6-2-7-13-21/h1-2,4-7,10-13H,3,8-9,14-19H2. The Morgan fingerprint density at radius 3 is 2.36 bits per heavy atom. The van der Waals surface area contributed by atoms with Crippen LogP contribution < -0.4 is 0 Å². The number of rotatable bonds is 7. The van der Waals surface area contributed by atoms with Gasteiger partial charge in [0.2, 0.25) is 0 Å². The van der Waals surface area contributed by atoms with Crippen LogP contribution in [0.15, 0.2) is 70.9 Å². The first-order chi connectivity index (χ1) is 16.3. The molecule has 1 fully saturated rings. The Kier molecular flexibility index (Phi) is 6.83. The molecular formula is C25H28N6OS. The number of hydrogen-bond donors (Lipinski definition) is 0. The second kappa shape index (κ2) is 10.3. The number of hydrogen-bond acceptors (Lipinski definition) is 6. The van der Waals surface area contributed by atoms with E-state index in [1.807, 2.05) is 48.5 Å². The first-order valence-electron chi connectivity index (χ1n) is 11.6. The van der Waals surface area contributed by atoms with Crippen LogP contribution in [0.1, 0.15) is 37.1 Å². The number of likely N-dealkylation sites (tertiary alicyclic amines) is 1. The van der Waals surface area contributed by atoms with Crippen molar-refractivity contribution in [2.45, 2.75) is 37.4 Å². The molecule has 0 bridgehead atoms. The Labute approximate surface area is 198 Å². The highest BCUT2D eigenvalue weighted by molar-refractivity contribution is 7.99. The number of aromatic nitrogens is 3. The first kappa shape index (κ1) is 21.9. The van der Waals surface area contributed by atoms with Gasteiger partial charge in [0.15, 0.2) is 11.0 Å². The lowest BCUT2D eigenvalue weighted by atomic mass is 10.1. The summed E-state index contributed by atoms with van der Waals surface area (Å²) in [5.74, 6) is 1.19. The van der Waals surface area contributed by atoms with Crippen LogP contribution in [0.25, 0.3) is 5.69 Å². The van der Waals surface area contributed by atoms with Gasteiger partial charge in [-0.15, -0.1) is 10.2 Å². The summed E-state index contributed by atoms with van der Waals surface area (Å²) in [7, 11) is 0. The van der Waals surface area contributed by atoms with E-state index in [4.69, 9.17) is 0 Å². The molecule has 1 saturated heterocycles. The molecule has 0 unspecified atom stereocenters. The Balaban J connectivity index is 1.30. The van der Waals surface area contributed by atoms with Gasteiger partial charge in [-0.3, -0.25) is 14.3 Å². The van der Waals surface area contributed by atoms with E-state index in [2.05, 4.69) is 36.9 Å². The van der Waals surface area contributed by atoms with E-state index < -0.39 is 0 Å². The topological polar surface area (TPSA) is 66.6 Å². The molecule has 0 radical (unpaired) electrons. The molecule has 3 aromatic rings. The monoisotopic (exact) mass is 460 g/mol. The fourth-order valence-electron chi connectivity index (χ4n) is 4.32. The summed E-state index contributed by atoms with van der Waals surface area (Å²) in [5, 5.41) is 15.9. The first-order valence-corrected chi connectivity index (χ1v) is 12.5. The minimum atomic E-state index is -0.00822. The van der Waals surface area contributed by atoms with Crippen LogP contribution in [0.5, 0.6) is 0 Å². The van der Waals surface area contributed by atoms with Crippen molar-refractivity contribution in [3.8, 4) is 5.69 Å². The third-order valence-corrected chi connectivity index (χ3v) is 6.96. The zero-order valence-electron chi connectivity index (χ0n) is 18.6. The Morgan fingerprint density at radius 1 is 0.879 bits per heavy atom. The molecule has 2 aliphatic rings. The van der Waals surface area contributed by atoms with E-state index in [0.29, 0.717) is 6.54 Å². The molecule has 5 rings (SSSR count). The number of benzene rings is 2. The third kappa shape index (κ3) is 5.17. The molecule has 1 amide bonds. The number of piperidine rings is 1. The highest BCUT2D eigenvalue weighted by atomic mass is 32.2. The van der Waals surface area contributed by atoms with Crippen LogP contribution in [-0.4, -0.2) is 61.7 Å². The molecule has 1 aromatic heterocycles. The van der Waals surface area contributed by atoms with Crippen LogP contribution in [0.3, 0.4) is 0 Å². The number of para-hydroxylation sites is 1. The fraction of sp³-hybridized carbons (Fsp3) is 0.360. The Bertz CT molecular complexity index is 1110. The molecule has 0 spiro atoms. The van der Waals surface area contributed by atoms with Gasteiger partial charge in [-0.2, -0.15) is 5.10 Å². The van der Waals surface area contributed by atoms with E-state index in [1.165, 1.54) is 31.0 Å². The summed E-state index contributed by atoms with van der Waals surface area (Å²) < 4.78 is 2.09. The summed E-state index contributed by atoms with van der Waals surface area (Å²) in [5.41, 5.74) is 3.06. The number of amides is 1. The smallest absolute Gasteiger partial charge is 0.253 e. The minimum absolute atomic E-state index is 0.00822. The zero-order chi connectivity index (χ0) is 22.5. The lowest BCUT2D eigenvalue weighted by Gasteiger charge is -2.26. The predicted octanol–water partition coefficient (Wildman–Crippen LogP) is 3.98. The van der Waals surface area contributed by atoms with E-state index in [-0.39, 0.29) is 11.7 Å². The van der Waals surface area contributed by atoms with E-state index in [0.717, 1.165) is 54.0 Å². The van der Waals surface area contributed by atoms with Crippen molar-refractivity contribution in [2.24, 2.45) is 5.10 Å². The van der Waals surface area contributed by atoms with Crippen LogP contribution in [-0.2, 0) is 11.3 Å². The van der Waals surface area contributed by atoms with Crippen molar-refractivity contribution in [1.82, 2.24) is 24.7 Å². The van der Waals surface area contributed by atoms with Gasteiger partial charge in [-0.1, -0.05) is 66.7 Å². The van der Waals surface area contributed by atoms with Gasteiger partial charge >= 0.3 is 0 Å². The average Bonchev–Trinajstić information content (AvgIpc) is 3.52. The molecule has 8 heteroatoms. The van der Waals surface area contributed by atoms with Crippen LogP contribution in [0.2, 0.25) is 0 Å². The molecule has 0 aliphatic carbocycles. The minimum Gasteiger partial charge on any atom is -0.296 e. The van der Waals surface area contributed by atoms with Crippen LogP contribution in [0, 0.1) is 0 Å². The van der Waals surface area contributed by atoms with E-state index >= 15 is 0 Å². The second-order valence-electron chi connectivity index (χ2n) is 8.37. The average molecular weight is 461 g/mol. The molecular weight excluding hydrogens is 432 g/mol. The van der Waals surface area contributed by atoms with Gasteiger partial charge in [-0.05, 0) is 43.6 Å². The van der Waals surface area contributed by atoms with Crippen molar-refractivity contribution < 1.29 is 4.79 Å². The molecule has 2 aliphatic heterocycles. The van der Waals surface area contributed by atoms with Crippen molar-refractivity contribution in [3.05, 3.63) is 72.1 Å². The zero-order valence-corrected chi connectivity index (χ0v) is 19.5.